The molecule has 0 aromatic carbocycles. The van der Waals surface area contributed by atoms with Gasteiger partial charge in [0, 0.05) is 18.7 Å². The SMILES string of the molecule is Cc1noc(C)c1CCCNC(=O)C1CCCN1S(C)(=O)=O. The van der Waals surface area contributed by atoms with Crippen molar-refractivity contribution in [1.29, 1.82) is 0 Å². The van der Waals surface area contributed by atoms with Crippen molar-refractivity contribution < 1.29 is 17.7 Å². The summed E-state index contributed by atoms with van der Waals surface area (Å²) in [6.07, 6.45) is 4.01. The van der Waals surface area contributed by atoms with Crippen LogP contribution in [0.25, 0.3) is 0 Å². The molecule has 1 aromatic rings. The van der Waals surface area contributed by atoms with E-state index in [-0.39, 0.29) is 5.91 Å². The number of amides is 1. The molecule has 1 aliphatic rings. The zero-order chi connectivity index (χ0) is 16.3. The van der Waals surface area contributed by atoms with Gasteiger partial charge < -0.3 is 9.84 Å². The lowest BCUT2D eigenvalue weighted by Gasteiger charge is -2.21. The summed E-state index contributed by atoms with van der Waals surface area (Å²) in [5, 5.41) is 6.73. The molecule has 0 saturated carbocycles. The van der Waals surface area contributed by atoms with E-state index < -0.39 is 16.1 Å². The monoisotopic (exact) mass is 329 g/mol. The highest BCUT2D eigenvalue weighted by Crippen LogP contribution is 2.20. The average Bonchev–Trinajstić information content (AvgIpc) is 3.03. The van der Waals surface area contributed by atoms with Crippen LogP contribution in [0.2, 0.25) is 0 Å². The van der Waals surface area contributed by atoms with Crippen LogP contribution in [-0.4, -0.2) is 49.2 Å². The van der Waals surface area contributed by atoms with Crippen LogP contribution in [0.1, 0.15) is 36.3 Å². The van der Waals surface area contributed by atoms with E-state index in [9.17, 15) is 13.2 Å². The van der Waals surface area contributed by atoms with Crippen LogP contribution in [0.15, 0.2) is 4.52 Å². The number of hydrogen-bond donors (Lipinski definition) is 1. The van der Waals surface area contributed by atoms with Crippen molar-refractivity contribution in [2.45, 2.75) is 45.6 Å². The van der Waals surface area contributed by atoms with Crippen LogP contribution in [0.5, 0.6) is 0 Å². The van der Waals surface area contributed by atoms with Gasteiger partial charge in [0.25, 0.3) is 0 Å². The van der Waals surface area contributed by atoms with E-state index in [2.05, 4.69) is 10.5 Å². The number of carbonyl (C=O) groups excluding carboxylic acids is 1. The van der Waals surface area contributed by atoms with Crippen LogP contribution in [0.3, 0.4) is 0 Å². The summed E-state index contributed by atoms with van der Waals surface area (Å²) >= 11 is 0. The Morgan fingerprint density at radius 3 is 2.77 bits per heavy atom. The second-order valence-corrected chi connectivity index (χ2v) is 7.66. The molecule has 1 unspecified atom stereocenters. The Hall–Kier alpha value is -1.41. The Bertz CT molecular complexity index is 619. The summed E-state index contributed by atoms with van der Waals surface area (Å²) in [5.74, 6) is 0.601. The van der Waals surface area contributed by atoms with Gasteiger partial charge in [-0.05, 0) is 39.5 Å². The van der Waals surface area contributed by atoms with E-state index in [4.69, 9.17) is 4.52 Å². The predicted octanol–water partition coefficient (Wildman–Crippen LogP) is 0.764. The van der Waals surface area contributed by atoms with Crippen LogP contribution >= 0.6 is 0 Å². The average molecular weight is 329 g/mol. The zero-order valence-electron chi connectivity index (χ0n) is 13.3. The molecule has 1 atom stereocenters. The molecule has 1 N–H and O–H groups in total. The van der Waals surface area contributed by atoms with Gasteiger partial charge in [-0.15, -0.1) is 0 Å². The van der Waals surface area contributed by atoms with Crippen molar-refractivity contribution >= 4 is 15.9 Å². The van der Waals surface area contributed by atoms with Gasteiger partial charge in [-0.3, -0.25) is 4.79 Å². The highest BCUT2D eigenvalue weighted by Gasteiger charge is 2.36. The molecule has 0 spiro atoms. The lowest BCUT2D eigenvalue weighted by atomic mass is 10.1. The maximum absolute atomic E-state index is 12.1. The lowest BCUT2D eigenvalue weighted by Crippen LogP contribution is -2.45. The number of sulfonamides is 1. The number of carbonyl (C=O) groups is 1. The van der Waals surface area contributed by atoms with Crippen LogP contribution in [0, 0.1) is 13.8 Å². The van der Waals surface area contributed by atoms with Gasteiger partial charge in [0.1, 0.15) is 11.8 Å². The first-order valence-electron chi connectivity index (χ1n) is 7.47. The minimum Gasteiger partial charge on any atom is -0.361 e. The third-order valence-corrected chi connectivity index (χ3v) is 5.31. The first kappa shape index (κ1) is 17.0. The van der Waals surface area contributed by atoms with Crippen LogP contribution < -0.4 is 5.32 Å². The van der Waals surface area contributed by atoms with Crippen molar-refractivity contribution in [3.8, 4) is 0 Å². The molecule has 1 aliphatic heterocycles. The molecule has 1 fully saturated rings. The summed E-state index contributed by atoms with van der Waals surface area (Å²) in [5.41, 5.74) is 1.95. The largest absolute Gasteiger partial charge is 0.361 e. The molecule has 1 aromatic heterocycles. The second kappa shape index (κ2) is 6.78. The fourth-order valence-corrected chi connectivity index (χ4v) is 3.98. The van der Waals surface area contributed by atoms with Crippen LogP contribution in [0.4, 0.5) is 0 Å². The molecule has 1 saturated heterocycles. The standard InChI is InChI=1S/C14H23N3O4S/c1-10-12(11(2)21-16-10)6-4-8-15-14(18)13-7-5-9-17(13)22(3,19)20/h13H,4-9H2,1-3H3,(H,15,18). The number of hydrogen-bond acceptors (Lipinski definition) is 5. The highest BCUT2D eigenvalue weighted by atomic mass is 32.2. The van der Waals surface area contributed by atoms with Crippen molar-refractivity contribution in [1.82, 2.24) is 14.8 Å². The molecular formula is C14H23N3O4S. The molecular weight excluding hydrogens is 306 g/mol. The van der Waals surface area contributed by atoms with Gasteiger partial charge >= 0.3 is 0 Å². The van der Waals surface area contributed by atoms with Gasteiger partial charge in [0.15, 0.2) is 0 Å². The molecule has 7 nitrogen and oxygen atoms in total. The number of aromatic nitrogens is 1. The highest BCUT2D eigenvalue weighted by molar-refractivity contribution is 7.88. The lowest BCUT2D eigenvalue weighted by molar-refractivity contribution is -0.124. The number of aryl methyl sites for hydroxylation is 2. The molecule has 0 bridgehead atoms. The topological polar surface area (TPSA) is 92.5 Å². The molecule has 2 rings (SSSR count). The van der Waals surface area contributed by atoms with Crippen molar-refractivity contribution in [3.05, 3.63) is 17.0 Å². The van der Waals surface area contributed by atoms with E-state index in [1.807, 2.05) is 13.8 Å². The van der Waals surface area contributed by atoms with Gasteiger partial charge in [0.05, 0.1) is 11.9 Å². The van der Waals surface area contributed by atoms with E-state index in [1.165, 1.54) is 4.31 Å². The van der Waals surface area contributed by atoms with E-state index in [1.54, 1.807) is 0 Å². The summed E-state index contributed by atoms with van der Waals surface area (Å²) in [6.45, 7) is 4.70. The normalized spacial score (nSPS) is 19.5. The summed E-state index contributed by atoms with van der Waals surface area (Å²) in [7, 11) is -3.32. The molecule has 1 amide bonds. The molecule has 22 heavy (non-hydrogen) atoms. The first-order valence-corrected chi connectivity index (χ1v) is 9.32. The minimum absolute atomic E-state index is 0.207. The summed E-state index contributed by atoms with van der Waals surface area (Å²) in [6, 6.07) is -0.561. The Labute approximate surface area is 131 Å². The fraction of sp³-hybridized carbons (Fsp3) is 0.714. The number of nitrogens with zero attached hydrogens (tertiary/aromatic N) is 2. The predicted molar refractivity (Wildman–Crippen MR) is 81.9 cm³/mol. The Kier molecular flexibility index (Phi) is 5.23. The molecule has 8 heteroatoms. The molecule has 0 radical (unpaired) electrons. The van der Waals surface area contributed by atoms with Crippen molar-refractivity contribution in [2.24, 2.45) is 0 Å². The quantitative estimate of drug-likeness (QED) is 0.778. The Morgan fingerprint density at radius 1 is 1.45 bits per heavy atom. The third kappa shape index (κ3) is 3.86. The van der Waals surface area contributed by atoms with Gasteiger partial charge in [-0.25, -0.2) is 8.42 Å². The maximum Gasteiger partial charge on any atom is 0.238 e. The van der Waals surface area contributed by atoms with E-state index in [0.29, 0.717) is 19.5 Å². The second-order valence-electron chi connectivity index (χ2n) is 5.73. The molecule has 2 heterocycles. The van der Waals surface area contributed by atoms with Gasteiger partial charge in [-0.2, -0.15) is 4.31 Å². The van der Waals surface area contributed by atoms with Gasteiger partial charge in [0.2, 0.25) is 15.9 Å². The van der Waals surface area contributed by atoms with Crippen molar-refractivity contribution in [3.63, 3.8) is 0 Å². The molecule has 124 valence electrons. The Balaban J connectivity index is 1.81. The molecule has 0 aliphatic carbocycles. The fourth-order valence-electron chi connectivity index (χ4n) is 2.85. The third-order valence-electron chi connectivity index (χ3n) is 4.02. The van der Waals surface area contributed by atoms with Crippen LogP contribution in [-0.2, 0) is 21.2 Å². The van der Waals surface area contributed by atoms with Crippen molar-refractivity contribution in [2.75, 3.05) is 19.3 Å². The Morgan fingerprint density at radius 2 is 2.18 bits per heavy atom. The van der Waals surface area contributed by atoms with Gasteiger partial charge in [-0.1, -0.05) is 5.16 Å². The minimum atomic E-state index is -3.32. The van der Waals surface area contributed by atoms with E-state index >= 15 is 0 Å². The number of rotatable bonds is 6. The number of nitrogens with one attached hydrogen (secondary N) is 1. The smallest absolute Gasteiger partial charge is 0.238 e. The summed E-state index contributed by atoms with van der Waals surface area (Å²) < 4.78 is 29.7. The summed E-state index contributed by atoms with van der Waals surface area (Å²) in [4.78, 5) is 12.1. The first-order chi connectivity index (χ1) is 10.3. The maximum atomic E-state index is 12.1. The zero-order valence-corrected chi connectivity index (χ0v) is 14.1. The van der Waals surface area contributed by atoms with E-state index in [0.717, 1.165) is 42.5 Å².